The Morgan fingerprint density at radius 3 is 2.95 bits per heavy atom. The Labute approximate surface area is 137 Å². The van der Waals surface area contributed by atoms with Crippen LogP contribution in [0, 0.1) is 0 Å². The molecule has 0 spiro atoms. The Balaban J connectivity index is 1.78. The van der Waals surface area contributed by atoms with E-state index in [1.807, 2.05) is 0 Å². The first-order valence-electron chi connectivity index (χ1n) is 6.77. The van der Waals surface area contributed by atoms with Gasteiger partial charge in [-0.05, 0) is 19.0 Å². The summed E-state index contributed by atoms with van der Waals surface area (Å²) in [7, 11) is -3.49. The van der Waals surface area contributed by atoms with Crippen LogP contribution in [-0.4, -0.2) is 37.5 Å². The lowest BCUT2D eigenvalue weighted by atomic mass is 10.2. The zero-order valence-electron chi connectivity index (χ0n) is 11.6. The smallest absolute Gasteiger partial charge is 0.185 e. The van der Waals surface area contributed by atoms with E-state index in [0.29, 0.717) is 16.5 Å². The van der Waals surface area contributed by atoms with E-state index in [2.05, 4.69) is 20.6 Å². The highest BCUT2D eigenvalue weighted by Gasteiger charge is 2.20. The molecule has 1 aliphatic rings. The van der Waals surface area contributed by atoms with Gasteiger partial charge in [-0.2, -0.15) is 0 Å². The highest BCUT2D eigenvalue weighted by atomic mass is 35.5. The molecule has 0 aromatic carbocycles. The first-order chi connectivity index (χ1) is 10.5. The molecule has 3 heterocycles. The minimum atomic E-state index is -3.49. The van der Waals surface area contributed by atoms with Crippen molar-refractivity contribution in [3.63, 3.8) is 0 Å². The summed E-state index contributed by atoms with van der Waals surface area (Å²) < 4.78 is 24.7. The molecule has 2 aromatic heterocycles. The molecule has 22 heavy (non-hydrogen) atoms. The van der Waals surface area contributed by atoms with Gasteiger partial charge < -0.3 is 10.6 Å². The largest absolute Gasteiger partial charge is 0.365 e. The Kier molecular flexibility index (Phi) is 4.62. The van der Waals surface area contributed by atoms with Gasteiger partial charge in [0.1, 0.15) is 5.82 Å². The van der Waals surface area contributed by atoms with E-state index < -0.39 is 9.84 Å². The number of anilines is 1. The highest BCUT2D eigenvalue weighted by Crippen LogP contribution is 2.25. The number of halogens is 1. The Hall–Kier alpha value is -1.22. The van der Waals surface area contributed by atoms with Crippen LogP contribution in [0.3, 0.4) is 0 Å². The van der Waals surface area contributed by atoms with Gasteiger partial charge in [-0.15, -0.1) is 11.3 Å². The van der Waals surface area contributed by atoms with Crippen LogP contribution in [0.15, 0.2) is 28.0 Å². The second-order valence-electron chi connectivity index (χ2n) is 5.07. The van der Waals surface area contributed by atoms with Crippen molar-refractivity contribution in [1.82, 2.24) is 15.3 Å². The van der Waals surface area contributed by atoms with Crippen LogP contribution in [0.25, 0.3) is 0 Å². The molecule has 0 bridgehead atoms. The van der Waals surface area contributed by atoms with Crippen molar-refractivity contribution in [3.8, 4) is 0 Å². The van der Waals surface area contributed by atoms with E-state index in [1.165, 1.54) is 23.6 Å². The Morgan fingerprint density at radius 1 is 1.45 bits per heavy atom. The van der Waals surface area contributed by atoms with E-state index >= 15 is 0 Å². The zero-order chi connectivity index (χ0) is 15.6. The quantitative estimate of drug-likeness (QED) is 0.849. The average molecular weight is 359 g/mol. The van der Waals surface area contributed by atoms with Crippen LogP contribution in [-0.2, 0) is 15.6 Å². The number of nitrogens with zero attached hydrogens (tertiary/aromatic N) is 2. The normalized spacial score (nSPS) is 18.5. The first-order valence-corrected chi connectivity index (χ1v) is 9.74. The van der Waals surface area contributed by atoms with Gasteiger partial charge >= 0.3 is 0 Å². The van der Waals surface area contributed by atoms with Gasteiger partial charge in [-0.1, -0.05) is 11.6 Å². The zero-order valence-corrected chi connectivity index (χ0v) is 14.0. The standard InChI is InChI=1S/C13H15ClN4O2S2/c14-12-3-11(22(19,20)7-10-6-21-8-17-10)5-16-13(12)18-9-1-2-15-4-9/h3,5-6,8-9,15H,1-2,4,7H2,(H,16,18)/t9-/m1/s1. The number of thiazole rings is 1. The number of sulfone groups is 1. The molecule has 0 aliphatic carbocycles. The fourth-order valence-corrected chi connectivity index (χ4v) is 4.43. The Morgan fingerprint density at radius 2 is 2.32 bits per heavy atom. The number of hydrogen-bond donors (Lipinski definition) is 2. The molecule has 1 atom stereocenters. The van der Waals surface area contributed by atoms with E-state index in [4.69, 9.17) is 11.6 Å². The van der Waals surface area contributed by atoms with Gasteiger partial charge in [0.25, 0.3) is 0 Å². The Bertz CT molecular complexity index is 743. The topological polar surface area (TPSA) is 84.0 Å². The molecule has 2 N–H and O–H groups in total. The summed E-state index contributed by atoms with van der Waals surface area (Å²) in [5.41, 5.74) is 2.14. The lowest BCUT2D eigenvalue weighted by molar-refractivity contribution is 0.594. The van der Waals surface area contributed by atoms with Crippen LogP contribution in [0.1, 0.15) is 12.1 Å². The predicted octanol–water partition coefficient (Wildman–Crippen LogP) is 1.94. The third kappa shape index (κ3) is 3.57. The maximum atomic E-state index is 12.3. The first kappa shape index (κ1) is 15.7. The summed E-state index contributed by atoms with van der Waals surface area (Å²) in [4.78, 5) is 8.28. The van der Waals surface area contributed by atoms with E-state index in [0.717, 1.165) is 19.5 Å². The van der Waals surface area contributed by atoms with Crippen molar-refractivity contribution in [3.05, 3.63) is 33.9 Å². The number of pyridine rings is 1. The van der Waals surface area contributed by atoms with E-state index in [1.54, 1.807) is 10.9 Å². The number of aromatic nitrogens is 2. The SMILES string of the molecule is O=S(=O)(Cc1cscn1)c1cnc(N[C@@H]2CCNC2)c(Cl)c1. The molecule has 0 unspecified atom stereocenters. The molecule has 0 saturated carbocycles. The van der Waals surface area contributed by atoms with Gasteiger partial charge in [0, 0.05) is 24.2 Å². The van der Waals surface area contributed by atoms with Crippen LogP contribution >= 0.6 is 22.9 Å². The maximum Gasteiger partial charge on any atom is 0.185 e. The summed E-state index contributed by atoms with van der Waals surface area (Å²) in [5, 5.41) is 8.49. The summed E-state index contributed by atoms with van der Waals surface area (Å²) in [6.45, 7) is 1.80. The molecule has 9 heteroatoms. The van der Waals surface area contributed by atoms with Gasteiger partial charge in [0.05, 0.1) is 26.9 Å². The summed E-state index contributed by atoms with van der Waals surface area (Å²) in [6, 6.07) is 1.71. The maximum absolute atomic E-state index is 12.3. The minimum Gasteiger partial charge on any atom is -0.365 e. The van der Waals surface area contributed by atoms with Crippen LogP contribution in [0.4, 0.5) is 5.82 Å². The third-order valence-electron chi connectivity index (χ3n) is 3.40. The lowest BCUT2D eigenvalue weighted by Gasteiger charge is -2.13. The fourth-order valence-electron chi connectivity index (χ4n) is 2.25. The molecule has 0 amide bonds. The molecule has 118 valence electrons. The molecular weight excluding hydrogens is 344 g/mol. The van der Waals surface area contributed by atoms with E-state index in [-0.39, 0.29) is 16.7 Å². The van der Waals surface area contributed by atoms with E-state index in [9.17, 15) is 8.42 Å². The number of rotatable bonds is 5. The summed E-state index contributed by atoms with van der Waals surface area (Å²) in [5.74, 6) is 0.372. The third-order valence-corrected chi connectivity index (χ3v) is 5.94. The molecule has 1 fully saturated rings. The van der Waals surface area contributed by atoms with Crippen molar-refractivity contribution < 1.29 is 8.42 Å². The lowest BCUT2D eigenvalue weighted by Crippen LogP contribution is -2.23. The molecule has 2 aromatic rings. The van der Waals surface area contributed by atoms with Crippen LogP contribution in [0.5, 0.6) is 0 Å². The molecular formula is C13H15ClN4O2S2. The van der Waals surface area contributed by atoms with Crippen molar-refractivity contribution in [1.29, 1.82) is 0 Å². The van der Waals surface area contributed by atoms with Gasteiger partial charge in [-0.3, -0.25) is 0 Å². The molecule has 1 saturated heterocycles. The van der Waals surface area contributed by atoms with Gasteiger partial charge in [-0.25, -0.2) is 18.4 Å². The summed E-state index contributed by atoms with van der Waals surface area (Å²) >= 11 is 7.54. The fraction of sp³-hybridized carbons (Fsp3) is 0.385. The summed E-state index contributed by atoms with van der Waals surface area (Å²) in [6.07, 6.45) is 2.33. The van der Waals surface area contributed by atoms with Crippen LogP contribution in [0.2, 0.25) is 5.02 Å². The molecule has 3 rings (SSSR count). The van der Waals surface area contributed by atoms with Gasteiger partial charge in [0.15, 0.2) is 9.84 Å². The second kappa shape index (κ2) is 6.49. The van der Waals surface area contributed by atoms with Crippen molar-refractivity contribution >= 4 is 38.6 Å². The predicted molar refractivity (Wildman–Crippen MR) is 87.1 cm³/mol. The molecule has 6 nitrogen and oxygen atoms in total. The van der Waals surface area contributed by atoms with Crippen molar-refractivity contribution in [2.75, 3.05) is 18.4 Å². The monoisotopic (exact) mass is 358 g/mol. The highest BCUT2D eigenvalue weighted by molar-refractivity contribution is 7.90. The molecule has 0 radical (unpaired) electrons. The number of hydrogen-bond acceptors (Lipinski definition) is 7. The van der Waals surface area contributed by atoms with Gasteiger partial charge in [0.2, 0.25) is 0 Å². The van der Waals surface area contributed by atoms with Crippen molar-refractivity contribution in [2.45, 2.75) is 23.1 Å². The minimum absolute atomic E-state index is 0.112. The molecule has 1 aliphatic heterocycles. The van der Waals surface area contributed by atoms with Crippen molar-refractivity contribution in [2.24, 2.45) is 0 Å². The van der Waals surface area contributed by atoms with Crippen LogP contribution < -0.4 is 10.6 Å². The second-order valence-corrected chi connectivity index (χ2v) is 8.19. The number of nitrogens with one attached hydrogen (secondary N) is 2. The average Bonchev–Trinajstić information content (AvgIpc) is 3.14.